The van der Waals surface area contributed by atoms with E-state index in [2.05, 4.69) is 13.0 Å². The first-order valence-corrected chi connectivity index (χ1v) is 18.0. The fourth-order valence-corrected chi connectivity index (χ4v) is 8.66. The van der Waals surface area contributed by atoms with E-state index in [4.69, 9.17) is 33.2 Å². The lowest BCUT2D eigenvalue weighted by molar-refractivity contribution is -0.260. The van der Waals surface area contributed by atoms with E-state index in [1.807, 2.05) is 20.1 Å². The van der Waals surface area contributed by atoms with Crippen LogP contribution in [0, 0.1) is 16.7 Å². The largest absolute Gasteiger partial charge is 0.509 e. The fourth-order valence-electron chi connectivity index (χ4n) is 7.64. The summed E-state index contributed by atoms with van der Waals surface area (Å²) in [7, 11) is 3.07. The van der Waals surface area contributed by atoms with Gasteiger partial charge in [-0.2, -0.15) is 0 Å². The molecule has 0 unspecified atom stereocenters. The molecular weight excluding hydrogens is 624 g/mol. The van der Waals surface area contributed by atoms with Crippen LogP contribution in [0.4, 0.5) is 4.79 Å². The van der Waals surface area contributed by atoms with Crippen LogP contribution >= 0.6 is 21.6 Å². The molecule has 0 amide bonds. The zero-order chi connectivity index (χ0) is 32.5. The Morgan fingerprint density at radius 2 is 1.82 bits per heavy atom. The summed E-state index contributed by atoms with van der Waals surface area (Å²) in [5.41, 5.74) is -1.94. The molecule has 8 atom stereocenters. The van der Waals surface area contributed by atoms with Crippen molar-refractivity contribution in [1.82, 2.24) is 0 Å². The topological polar surface area (TPSA) is 136 Å². The van der Waals surface area contributed by atoms with Crippen LogP contribution in [0.1, 0.15) is 53.4 Å². The Kier molecular flexibility index (Phi) is 10.0. The van der Waals surface area contributed by atoms with Crippen LogP contribution < -0.4 is 0 Å². The molecular formula is C32H42O11S2. The number of ether oxygens (including phenoxy) is 7. The molecule has 45 heavy (non-hydrogen) atoms. The maximum Gasteiger partial charge on any atom is 0.509 e. The van der Waals surface area contributed by atoms with Gasteiger partial charge < -0.3 is 33.2 Å². The standard InChI is InChI=1S/C32H42O11S2/c1-20-10-12-31-18-39-27(35)26(42-28(36)38-14-15-45-44-5)21(2)11-13-37-24(33)8-6-7-9-25(34)41-23-17-29(3,43-22(31)16-20)32(19-40-32)30(23,31)4/h6-9,16,21-23,26H,10-15,17-19H2,1-5H3/b8-6+,9-7-/t21-,22-,23-,26+,29-,30-,31-,32+/m1/s1. The minimum absolute atomic E-state index is 0.0369. The number of esters is 3. The second kappa shape index (κ2) is 13.3. The third-order valence-electron chi connectivity index (χ3n) is 10.3. The molecule has 13 heteroatoms. The van der Waals surface area contributed by atoms with Gasteiger partial charge in [0, 0.05) is 35.7 Å². The van der Waals surface area contributed by atoms with E-state index in [9.17, 15) is 19.2 Å². The van der Waals surface area contributed by atoms with E-state index in [1.54, 1.807) is 17.7 Å². The molecule has 3 heterocycles. The number of rotatable bonds is 5. The van der Waals surface area contributed by atoms with Crippen molar-refractivity contribution in [2.24, 2.45) is 16.7 Å². The average Bonchev–Trinajstić information content (AvgIpc) is 3.79. The normalized spacial score (nSPS) is 41.3. The number of carbonyl (C=O) groups excluding carboxylic acids is 4. The molecule has 2 spiro atoms. The van der Waals surface area contributed by atoms with Crippen molar-refractivity contribution < 1.29 is 52.3 Å². The molecule has 0 radical (unpaired) electrons. The molecule has 11 nitrogen and oxygen atoms in total. The van der Waals surface area contributed by atoms with Gasteiger partial charge in [0.2, 0.25) is 6.10 Å². The summed E-state index contributed by atoms with van der Waals surface area (Å²) in [4.78, 5) is 51.7. The highest BCUT2D eigenvalue weighted by Gasteiger charge is 2.87. The van der Waals surface area contributed by atoms with Gasteiger partial charge in [-0.3, -0.25) is 0 Å². The highest BCUT2D eigenvalue weighted by Crippen LogP contribution is 2.75. The van der Waals surface area contributed by atoms with E-state index in [0.717, 1.165) is 12.0 Å². The summed E-state index contributed by atoms with van der Waals surface area (Å²) in [6.07, 6.45) is 7.87. The molecule has 3 fully saturated rings. The van der Waals surface area contributed by atoms with E-state index in [-0.39, 0.29) is 26.2 Å². The molecule has 0 aromatic heterocycles. The van der Waals surface area contributed by atoms with Gasteiger partial charge in [-0.1, -0.05) is 59.2 Å². The number of hydrogen-bond acceptors (Lipinski definition) is 13. The minimum Gasteiger partial charge on any atom is -0.463 e. The molecule has 5 rings (SSSR count). The third-order valence-corrected chi connectivity index (χ3v) is 12.1. The van der Waals surface area contributed by atoms with Gasteiger partial charge in [0.1, 0.15) is 30.5 Å². The first-order chi connectivity index (χ1) is 21.4. The predicted molar refractivity (Wildman–Crippen MR) is 166 cm³/mol. The summed E-state index contributed by atoms with van der Waals surface area (Å²) in [6.45, 7) is 8.24. The average molecular weight is 667 g/mol. The lowest BCUT2D eigenvalue weighted by Gasteiger charge is -2.60. The monoisotopic (exact) mass is 666 g/mol. The van der Waals surface area contributed by atoms with Gasteiger partial charge in [-0.15, -0.1) is 0 Å². The molecule has 5 aliphatic rings. The first kappa shape index (κ1) is 33.9. The number of allylic oxidation sites excluding steroid dienone is 3. The van der Waals surface area contributed by atoms with Gasteiger partial charge >= 0.3 is 24.1 Å². The van der Waals surface area contributed by atoms with Crippen LogP contribution in [0.25, 0.3) is 0 Å². The molecule has 2 aliphatic carbocycles. The van der Waals surface area contributed by atoms with Crippen molar-refractivity contribution in [2.45, 2.75) is 82.9 Å². The molecule has 0 N–H and O–H groups in total. The van der Waals surface area contributed by atoms with Crippen LogP contribution in [-0.4, -0.2) is 92.0 Å². The van der Waals surface area contributed by atoms with Crippen molar-refractivity contribution in [1.29, 1.82) is 0 Å². The van der Waals surface area contributed by atoms with Crippen molar-refractivity contribution in [2.75, 3.05) is 38.4 Å². The summed E-state index contributed by atoms with van der Waals surface area (Å²) < 4.78 is 41.3. The zero-order valence-corrected chi connectivity index (χ0v) is 28.0. The Morgan fingerprint density at radius 1 is 1.09 bits per heavy atom. The molecule has 2 bridgehead atoms. The van der Waals surface area contributed by atoms with Crippen LogP contribution in [0.2, 0.25) is 0 Å². The Labute approximate surface area is 271 Å². The summed E-state index contributed by atoms with van der Waals surface area (Å²) in [6, 6.07) is 0. The Bertz CT molecular complexity index is 1280. The molecule has 3 aliphatic heterocycles. The minimum atomic E-state index is -1.32. The molecule has 0 aromatic carbocycles. The highest BCUT2D eigenvalue weighted by molar-refractivity contribution is 8.76. The van der Waals surface area contributed by atoms with Gasteiger partial charge in [0.15, 0.2) is 0 Å². The summed E-state index contributed by atoms with van der Waals surface area (Å²) >= 11 is 0. The second-order valence-corrected chi connectivity index (χ2v) is 15.5. The Morgan fingerprint density at radius 3 is 2.53 bits per heavy atom. The van der Waals surface area contributed by atoms with Crippen LogP contribution in [0.15, 0.2) is 36.0 Å². The van der Waals surface area contributed by atoms with Crippen LogP contribution in [0.5, 0.6) is 0 Å². The fraction of sp³-hybridized carbons (Fsp3) is 0.688. The maximum absolute atomic E-state index is 13.8. The number of cyclic esters (lactones) is 2. The zero-order valence-electron chi connectivity index (χ0n) is 26.4. The number of hydrogen-bond donors (Lipinski definition) is 0. The van der Waals surface area contributed by atoms with Crippen LogP contribution in [0.3, 0.4) is 0 Å². The predicted octanol–water partition coefficient (Wildman–Crippen LogP) is 4.73. The number of carbonyl (C=O) groups is 4. The summed E-state index contributed by atoms with van der Waals surface area (Å²) in [5, 5.41) is 0. The smallest absolute Gasteiger partial charge is 0.463 e. The van der Waals surface area contributed by atoms with Crippen molar-refractivity contribution in [3.05, 3.63) is 36.0 Å². The molecule has 0 aromatic rings. The third kappa shape index (κ3) is 6.17. The molecule has 2 saturated heterocycles. The van der Waals surface area contributed by atoms with Crippen molar-refractivity contribution in [3.63, 3.8) is 0 Å². The van der Waals surface area contributed by atoms with Gasteiger partial charge in [0.25, 0.3) is 0 Å². The van der Waals surface area contributed by atoms with Gasteiger partial charge in [0.05, 0.1) is 24.7 Å². The Hall–Kier alpha value is -2.48. The molecule has 248 valence electrons. The van der Waals surface area contributed by atoms with Crippen molar-refractivity contribution >= 4 is 45.7 Å². The van der Waals surface area contributed by atoms with E-state index < -0.39 is 70.3 Å². The van der Waals surface area contributed by atoms with Gasteiger partial charge in [-0.05, 0) is 39.4 Å². The Balaban J connectivity index is 1.49. The van der Waals surface area contributed by atoms with Gasteiger partial charge in [-0.25, -0.2) is 19.2 Å². The van der Waals surface area contributed by atoms with Crippen LogP contribution in [-0.2, 0) is 47.5 Å². The quantitative estimate of drug-likeness (QED) is 0.1000. The lowest BCUT2D eigenvalue weighted by Crippen LogP contribution is -2.69. The van der Waals surface area contributed by atoms with E-state index in [1.165, 1.54) is 35.1 Å². The second-order valence-electron chi connectivity index (χ2n) is 12.8. The van der Waals surface area contributed by atoms with Crippen molar-refractivity contribution in [3.8, 4) is 0 Å². The first-order valence-electron chi connectivity index (χ1n) is 15.3. The number of epoxide rings is 1. The maximum atomic E-state index is 13.8. The SMILES string of the molecule is CSSCCOC(=O)O[C@@H]1C(=O)OC[C@]23CCC(C)=C[C@H]2O[C@]2(C)C[C@@H](OC(=O)/C=C\C=C\C(=O)OCC[C@H]1C)[C@@]3(C)[C@]21CO1. The highest BCUT2D eigenvalue weighted by atomic mass is 33.1. The summed E-state index contributed by atoms with van der Waals surface area (Å²) in [5.74, 6) is -1.96. The molecule has 1 saturated carbocycles. The van der Waals surface area contributed by atoms with E-state index >= 15 is 0 Å². The lowest BCUT2D eigenvalue weighted by atomic mass is 9.50. The van der Waals surface area contributed by atoms with E-state index in [0.29, 0.717) is 25.2 Å².